The predicted octanol–water partition coefficient (Wildman–Crippen LogP) is 12.5. The number of hydrogen-bond donors (Lipinski definition) is 0. The Morgan fingerprint density at radius 1 is 0.362 bits per heavy atom. The van der Waals surface area contributed by atoms with Crippen LogP contribution < -0.4 is 4.90 Å². The Balaban J connectivity index is 1.24. The van der Waals surface area contributed by atoms with E-state index in [9.17, 15) is 0 Å². The molecule has 1 aromatic heterocycles. The Labute approximate surface area is 273 Å². The van der Waals surface area contributed by atoms with Gasteiger partial charge in [0.05, 0.1) is 5.69 Å². The van der Waals surface area contributed by atoms with Gasteiger partial charge in [-0.25, -0.2) is 4.98 Å². The summed E-state index contributed by atoms with van der Waals surface area (Å²) in [5.74, 6) is 0.882. The van der Waals surface area contributed by atoms with Crippen LogP contribution in [0.1, 0.15) is 0 Å². The van der Waals surface area contributed by atoms with E-state index in [1.165, 1.54) is 65.3 Å². The average Bonchev–Trinajstić information content (AvgIpc) is 3.14. The standard InChI is InChI=1S/C45H30N2/c1-2-14-34-30-35(24-23-31(34)12-1)45-40-19-7-5-17-38(40)44(39-18-6-8-20-41(39)45)33-25-27-36(28-26-33)47(43-22-9-10-29-46-43)42-21-11-15-32-13-3-4-16-37(32)42/h1-30H. The molecule has 0 aliphatic heterocycles. The minimum atomic E-state index is 0.882. The van der Waals surface area contributed by atoms with Crippen molar-refractivity contribution in [2.24, 2.45) is 0 Å². The van der Waals surface area contributed by atoms with Crippen molar-refractivity contribution in [2.45, 2.75) is 0 Å². The number of benzene rings is 8. The van der Waals surface area contributed by atoms with Crippen LogP contribution in [0, 0.1) is 0 Å². The van der Waals surface area contributed by atoms with E-state index in [0.717, 1.165) is 17.2 Å². The highest BCUT2D eigenvalue weighted by molar-refractivity contribution is 6.21. The van der Waals surface area contributed by atoms with Gasteiger partial charge >= 0.3 is 0 Å². The average molecular weight is 599 g/mol. The summed E-state index contributed by atoms with van der Waals surface area (Å²) in [4.78, 5) is 7.04. The summed E-state index contributed by atoms with van der Waals surface area (Å²) < 4.78 is 0. The third-order valence-electron chi connectivity index (χ3n) is 9.27. The maximum atomic E-state index is 4.78. The van der Waals surface area contributed by atoms with Gasteiger partial charge < -0.3 is 0 Å². The number of nitrogens with zero attached hydrogens (tertiary/aromatic N) is 2. The van der Waals surface area contributed by atoms with Gasteiger partial charge in [-0.05, 0) is 96.4 Å². The topological polar surface area (TPSA) is 16.1 Å². The highest BCUT2D eigenvalue weighted by atomic mass is 15.2. The fourth-order valence-corrected chi connectivity index (χ4v) is 7.16. The number of hydrogen-bond acceptors (Lipinski definition) is 2. The van der Waals surface area contributed by atoms with Crippen molar-refractivity contribution >= 4 is 60.3 Å². The lowest BCUT2D eigenvalue weighted by atomic mass is 9.85. The second-order valence-electron chi connectivity index (χ2n) is 12.0. The number of fused-ring (bicyclic) bond motifs is 4. The van der Waals surface area contributed by atoms with Crippen molar-refractivity contribution in [1.82, 2.24) is 4.98 Å². The fraction of sp³-hybridized carbons (Fsp3) is 0. The van der Waals surface area contributed by atoms with Crippen molar-refractivity contribution in [3.63, 3.8) is 0 Å². The lowest BCUT2D eigenvalue weighted by Gasteiger charge is -2.26. The summed E-state index contributed by atoms with van der Waals surface area (Å²) >= 11 is 0. The molecule has 0 radical (unpaired) electrons. The molecule has 0 amide bonds. The molecule has 2 heteroatoms. The first-order chi connectivity index (χ1) is 23.3. The molecule has 9 rings (SSSR count). The fourth-order valence-electron chi connectivity index (χ4n) is 7.16. The van der Waals surface area contributed by atoms with Crippen LogP contribution in [0.5, 0.6) is 0 Å². The van der Waals surface area contributed by atoms with E-state index in [1.807, 2.05) is 18.3 Å². The molecule has 0 aliphatic carbocycles. The third-order valence-corrected chi connectivity index (χ3v) is 9.27. The molecule has 8 aromatic carbocycles. The molecular formula is C45H30N2. The summed E-state index contributed by atoms with van der Waals surface area (Å²) in [5, 5.41) is 9.90. The minimum Gasteiger partial charge on any atom is -0.294 e. The van der Waals surface area contributed by atoms with Crippen LogP contribution in [0.3, 0.4) is 0 Å². The lowest BCUT2D eigenvalue weighted by molar-refractivity contribution is 1.19. The Morgan fingerprint density at radius 2 is 0.894 bits per heavy atom. The first kappa shape index (κ1) is 27.1. The van der Waals surface area contributed by atoms with Crippen LogP contribution in [0.25, 0.3) is 65.3 Å². The van der Waals surface area contributed by atoms with E-state index in [4.69, 9.17) is 4.98 Å². The number of pyridine rings is 1. The molecule has 1 heterocycles. The number of rotatable bonds is 5. The van der Waals surface area contributed by atoms with Gasteiger partial charge in [-0.1, -0.05) is 140 Å². The lowest BCUT2D eigenvalue weighted by Crippen LogP contribution is -2.11. The largest absolute Gasteiger partial charge is 0.294 e. The SMILES string of the molecule is c1ccc(N(c2ccc(-c3c4ccccc4c(-c4ccc5ccccc5c4)c4ccccc34)cc2)c2cccc3ccccc23)nc1. The van der Waals surface area contributed by atoms with Gasteiger partial charge in [0.25, 0.3) is 0 Å². The summed E-state index contributed by atoms with van der Waals surface area (Å²) in [6.07, 6.45) is 1.86. The third kappa shape index (κ3) is 4.62. The van der Waals surface area contributed by atoms with Crippen molar-refractivity contribution in [2.75, 3.05) is 4.90 Å². The maximum Gasteiger partial charge on any atom is 0.137 e. The smallest absolute Gasteiger partial charge is 0.137 e. The normalized spacial score (nSPS) is 11.4. The van der Waals surface area contributed by atoms with Crippen molar-refractivity contribution in [3.8, 4) is 22.3 Å². The van der Waals surface area contributed by atoms with Gasteiger partial charge in [-0.2, -0.15) is 0 Å². The number of aromatic nitrogens is 1. The second kappa shape index (κ2) is 11.3. The molecule has 0 unspecified atom stereocenters. The van der Waals surface area contributed by atoms with Gasteiger partial charge in [-0.15, -0.1) is 0 Å². The molecule has 0 N–H and O–H groups in total. The Morgan fingerprint density at radius 3 is 1.55 bits per heavy atom. The Kier molecular flexibility index (Phi) is 6.50. The van der Waals surface area contributed by atoms with Crippen molar-refractivity contribution < 1.29 is 0 Å². The van der Waals surface area contributed by atoms with Crippen LogP contribution >= 0.6 is 0 Å². The zero-order chi connectivity index (χ0) is 31.2. The summed E-state index contributed by atoms with van der Waals surface area (Å²) in [7, 11) is 0. The van der Waals surface area contributed by atoms with E-state index in [2.05, 4.69) is 169 Å². The molecule has 9 aromatic rings. The van der Waals surface area contributed by atoms with Gasteiger partial charge in [0.1, 0.15) is 5.82 Å². The monoisotopic (exact) mass is 598 g/mol. The van der Waals surface area contributed by atoms with Gasteiger partial charge in [-0.3, -0.25) is 4.90 Å². The van der Waals surface area contributed by atoms with E-state index in [0.29, 0.717) is 0 Å². The zero-order valence-corrected chi connectivity index (χ0v) is 25.7. The summed E-state index contributed by atoms with van der Waals surface area (Å²) in [5.41, 5.74) is 7.11. The van der Waals surface area contributed by atoms with Crippen molar-refractivity contribution in [1.29, 1.82) is 0 Å². The molecule has 2 nitrogen and oxygen atoms in total. The quantitative estimate of drug-likeness (QED) is 0.183. The molecule has 0 saturated carbocycles. The van der Waals surface area contributed by atoms with Crippen LogP contribution in [-0.4, -0.2) is 4.98 Å². The number of anilines is 3. The summed E-state index contributed by atoms with van der Waals surface area (Å²) in [6.45, 7) is 0. The summed E-state index contributed by atoms with van der Waals surface area (Å²) in [6, 6.07) is 63.2. The highest BCUT2D eigenvalue weighted by Crippen LogP contribution is 2.45. The van der Waals surface area contributed by atoms with E-state index >= 15 is 0 Å². The second-order valence-corrected chi connectivity index (χ2v) is 12.0. The zero-order valence-electron chi connectivity index (χ0n) is 25.7. The Hall–Kier alpha value is -6.25. The van der Waals surface area contributed by atoms with E-state index in [-0.39, 0.29) is 0 Å². The Bertz CT molecular complexity index is 2510. The molecule has 0 fully saturated rings. The van der Waals surface area contributed by atoms with Gasteiger partial charge in [0, 0.05) is 17.3 Å². The molecule has 47 heavy (non-hydrogen) atoms. The molecule has 0 saturated heterocycles. The first-order valence-electron chi connectivity index (χ1n) is 16.1. The van der Waals surface area contributed by atoms with Crippen LogP contribution in [0.2, 0.25) is 0 Å². The van der Waals surface area contributed by atoms with Gasteiger partial charge in [0.15, 0.2) is 0 Å². The maximum absolute atomic E-state index is 4.78. The highest BCUT2D eigenvalue weighted by Gasteiger charge is 2.19. The molecule has 0 aliphatic rings. The first-order valence-corrected chi connectivity index (χ1v) is 16.1. The molecular weight excluding hydrogens is 569 g/mol. The van der Waals surface area contributed by atoms with Crippen LogP contribution in [0.4, 0.5) is 17.2 Å². The van der Waals surface area contributed by atoms with Crippen LogP contribution in [-0.2, 0) is 0 Å². The molecule has 220 valence electrons. The predicted molar refractivity (Wildman–Crippen MR) is 200 cm³/mol. The minimum absolute atomic E-state index is 0.882. The van der Waals surface area contributed by atoms with Crippen molar-refractivity contribution in [3.05, 3.63) is 182 Å². The van der Waals surface area contributed by atoms with Crippen LogP contribution in [0.15, 0.2) is 182 Å². The van der Waals surface area contributed by atoms with Gasteiger partial charge in [0.2, 0.25) is 0 Å². The molecule has 0 bridgehead atoms. The van der Waals surface area contributed by atoms with E-state index in [1.54, 1.807) is 0 Å². The molecule has 0 atom stereocenters. The molecule has 0 spiro atoms. The van der Waals surface area contributed by atoms with E-state index < -0.39 is 0 Å².